The minimum Gasteiger partial charge on any atom is -0.480 e. The first-order valence-electron chi connectivity index (χ1n) is 6.65. The first-order chi connectivity index (χ1) is 9.11. The van der Waals surface area contributed by atoms with Crippen LogP contribution in [0.25, 0.3) is 10.9 Å². The first kappa shape index (κ1) is 12.2. The number of benzene rings is 1. The van der Waals surface area contributed by atoms with Crippen LogP contribution in [0.2, 0.25) is 0 Å². The van der Waals surface area contributed by atoms with E-state index in [1.807, 2.05) is 31.3 Å². The van der Waals surface area contributed by atoms with Gasteiger partial charge in [0.1, 0.15) is 5.54 Å². The number of likely N-dealkylation sites (tertiary alicyclic amines) is 1. The molecule has 0 saturated carbocycles. The van der Waals surface area contributed by atoms with Crippen LogP contribution < -0.4 is 0 Å². The Hall–Kier alpha value is -1.81. The van der Waals surface area contributed by atoms with E-state index in [-0.39, 0.29) is 0 Å². The van der Waals surface area contributed by atoms with Crippen molar-refractivity contribution in [1.29, 1.82) is 0 Å². The third-order valence-electron chi connectivity index (χ3n) is 4.29. The van der Waals surface area contributed by atoms with Crippen LogP contribution in [-0.2, 0) is 11.3 Å². The maximum atomic E-state index is 11.5. The molecule has 2 aromatic rings. The first-order valence-corrected chi connectivity index (χ1v) is 6.65. The summed E-state index contributed by atoms with van der Waals surface area (Å²) in [5, 5.41) is 10.6. The van der Waals surface area contributed by atoms with E-state index in [0.29, 0.717) is 6.54 Å². The average molecular weight is 258 g/mol. The Morgan fingerprint density at radius 2 is 2.26 bits per heavy atom. The van der Waals surface area contributed by atoms with Crippen LogP contribution >= 0.6 is 0 Å². The van der Waals surface area contributed by atoms with Gasteiger partial charge in [0.15, 0.2) is 0 Å². The Morgan fingerprint density at radius 3 is 3.05 bits per heavy atom. The van der Waals surface area contributed by atoms with E-state index >= 15 is 0 Å². The molecule has 0 spiro atoms. The second-order valence-corrected chi connectivity index (χ2v) is 5.46. The molecular weight excluding hydrogens is 240 g/mol. The van der Waals surface area contributed by atoms with Crippen molar-refractivity contribution < 1.29 is 9.90 Å². The van der Waals surface area contributed by atoms with E-state index in [2.05, 4.69) is 16.0 Å². The number of para-hydroxylation sites is 1. The van der Waals surface area contributed by atoms with Crippen LogP contribution in [0.5, 0.6) is 0 Å². The third-order valence-corrected chi connectivity index (χ3v) is 4.29. The standard InChI is InChI=1S/C15H18N2O2/c1-15(14(18)19)7-4-8-17(15)10-11-9-16-13-6-3-2-5-12(11)13/h2-3,5-6,9,16H,4,7-8,10H2,1H3,(H,18,19). The number of rotatable bonds is 3. The molecule has 1 aliphatic heterocycles. The number of carboxylic acid groups (broad SMARTS) is 1. The van der Waals surface area contributed by atoms with Crippen LogP contribution in [0.3, 0.4) is 0 Å². The molecule has 1 saturated heterocycles. The summed E-state index contributed by atoms with van der Waals surface area (Å²) in [7, 11) is 0. The SMILES string of the molecule is CC1(C(=O)O)CCCN1Cc1c[nH]c2ccccc12. The smallest absolute Gasteiger partial charge is 0.323 e. The van der Waals surface area contributed by atoms with Crippen molar-refractivity contribution in [3.05, 3.63) is 36.0 Å². The summed E-state index contributed by atoms with van der Waals surface area (Å²) in [4.78, 5) is 16.8. The Balaban J connectivity index is 1.91. The molecule has 0 radical (unpaired) electrons. The lowest BCUT2D eigenvalue weighted by atomic mass is 9.99. The van der Waals surface area contributed by atoms with Gasteiger partial charge in [-0.1, -0.05) is 18.2 Å². The van der Waals surface area contributed by atoms with E-state index in [1.165, 1.54) is 10.9 Å². The van der Waals surface area contributed by atoms with Crippen LogP contribution in [0.15, 0.2) is 30.5 Å². The van der Waals surface area contributed by atoms with Crippen molar-refractivity contribution in [1.82, 2.24) is 9.88 Å². The van der Waals surface area contributed by atoms with E-state index < -0.39 is 11.5 Å². The van der Waals surface area contributed by atoms with Crippen LogP contribution in [-0.4, -0.2) is 33.0 Å². The van der Waals surface area contributed by atoms with Crippen molar-refractivity contribution in [2.24, 2.45) is 0 Å². The van der Waals surface area contributed by atoms with Crippen molar-refractivity contribution in [2.75, 3.05) is 6.54 Å². The molecule has 100 valence electrons. The van der Waals surface area contributed by atoms with Crippen molar-refractivity contribution in [3.8, 4) is 0 Å². The van der Waals surface area contributed by atoms with E-state index in [4.69, 9.17) is 0 Å². The lowest BCUT2D eigenvalue weighted by Gasteiger charge is -2.30. The predicted octanol–water partition coefficient (Wildman–Crippen LogP) is 2.61. The van der Waals surface area contributed by atoms with Gasteiger partial charge in [-0.25, -0.2) is 0 Å². The Kier molecular flexibility index (Phi) is 2.82. The minimum absolute atomic E-state index is 0.687. The van der Waals surface area contributed by atoms with E-state index in [9.17, 15) is 9.90 Å². The fourth-order valence-electron chi connectivity index (χ4n) is 2.98. The fraction of sp³-hybridized carbons (Fsp3) is 0.400. The van der Waals surface area contributed by atoms with Gasteiger partial charge >= 0.3 is 5.97 Å². The Morgan fingerprint density at radius 1 is 1.47 bits per heavy atom. The zero-order valence-corrected chi connectivity index (χ0v) is 11.0. The molecule has 1 aromatic heterocycles. The maximum Gasteiger partial charge on any atom is 0.323 e. The quantitative estimate of drug-likeness (QED) is 0.889. The number of aliphatic carboxylic acids is 1. The predicted molar refractivity (Wildman–Crippen MR) is 74.0 cm³/mol. The molecular formula is C15H18N2O2. The molecule has 2 N–H and O–H groups in total. The molecule has 1 atom stereocenters. The van der Waals surface area contributed by atoms with Gasteiger partial charge in [-0.15, -0.1) is 0 Å². The number of aromatic nitrogens is 1. The monoisotopic (exact) mass is 258 g/mol. The van der Waals surface area contributed by atoms with Gasteiger partial charge in [-0.2, -0.15) is 0 Å². The van der Waals surface area contributed by atoms with Crippen LogP contribution in [0.1, 0.15) is 25.3 Å². The van der Waals surface area contributed by atoms with Crippen LogP contribution in [0, 0.1) is 0 Å². The number of aromatic amines is 1. The second-order valence-electron chi connectivity index (χ2n) is 5.46. The summed E-state index contributed by atoms with van der Waals surface area (Å²) in [6.07, 6.45) is 3.67. The van der Waals surface area contributed by atoms with Crippen LogP contribution in [0.4, 0.5) is 0 Å². The number of hydrogen-bond donors (Lipinski definition) is 2. The highest BCUT2D eigenvalue weighted by molar-refractivity contribution is 5.83. The van der Waals surface area contributed by atoms with Gasteiger partial charge in [0.2, 0.25) is 0 Å². The number of fused-ring (bicyclic) bond motifs is 1. The van der Waals surface area contributed by atoms with Crippen molar-refractivity contribution in [3.63, 3.8) is 0 Å². The van der Waals surface area contributed by atoms with E-state index in [0.717, 1.165) is 24.9 Å². The molecule has 0 aliphatic carbocycles. The molecule has 1 aromatic carbocycles. The number of carbonyl (C=O) groups is 1. The molecule has 1 aliphatic rings. The van der Waals surface area contributed by atoms with Gasteiger partial charge in [0.05, 0.1) is 0 Å². The van der Waals surface area contributed by atoms with Crippen molar-refractivity contribution >= 4 is 16.9 Å². The molecule has 19 heavy (non-hydrogen) atoms. The summed E-state index contributed by atoms with van der Waals surface area (Å²) < 4.78 is 0. The average Bonchev–Trinajstić information content (AvgIpc) is 2.97. The molecule has 1 fully saturated rings. The zero-order valence-electron chi connectivity index (χ0n) is 11.0. The number of nitrogens with one attached hydrogen (secondary N) is 1. The number of nitrogens with zero attached hydrogens (tertiary/aromatic N) is 1. The fourth-order valence-corrected chi connectivity index (χ4v) is 2.98. The molecule has 4 nitrogen and oxygen atoms in total. The highest BCUT2D eigenvalue weighted by Gasteiger charge is 2.43. The lowest BCUT2D eigenvalue weighted by molar-refractivity contribution is -0.148. The largest absolute Gasteiger partial charge is 0.480 e. The van der Waals surface area contributed by atoms with Gasteiger partial charge in [0, 0.05) is 23.6 Å². The Labute approximate surface area is 112 Å². The lowest BCUT2D eigenvalue weighted by Crippen LogP contribution is -2.47. The molecule has 1 unspecified atom stereocenters. The number of H-pyrrole nitrogens is 1. The van der Waals surface area contributed by atoms with Crippen molar-refractivity contribution in [2.45, 2.75) is 31.8 Å². The third kappa shape index (κ3) is 1.92. The summed E-state index contributed by atoms with van der Waals surface area (Å²) in [5.41, 5.74) is 1.55. The molecule has 3 rings (SSSR count). The molecule has 4 heteroatoms. The zero-order chi connectivity index (χ0) is 13.5. The summed E-state index contributed by atoms with van der Waals surface area (Å²) >= 11 is 0. The normalized spacial score (nSPS) is 24.1. The van der Waals surface area contributed by atoms with Gasteiger partial charge in [-0.3, -0.25) is 9.69 Å². The highest BCUT2D eigenvalue weighted by atomic mass is 16.4. The van der Waals surface area contributed by atoms with Gasteiger partial charge in [0.25, 0.3) is 0 Å². The number of hydrogen-bond acceptors (Lipinski definition) is 2. The van der Waals surface area contributed by atoms with E-state index in [1.54, 1.807) is 0 Å². The molecule has 0 amide bonds. The van der Waals surface area contributed by atoms with Gasteiger partial charge < -0.3 is 10.1 Å². The molecule has 0 bridgehead atoms. The topological polar surface area (TPSA) is 56.3 Å². The highest BCUT2D eigenvalue weighted by Crippen LogP contribution is 2.32. The summed E-state index contributed by atoms with van der Waals surface area (Å²) in [5.74, 6) is -0.718. The molecule has 2 heterocycles. The van der Waals surface area contributed by atoms with Gasteiger partial charge in [-0.05, 0) is 37.9 Å². The maximum absolute atomic E-state index is 11.5. The Bertz CT molecular complexity index is 619. The summed E-state index contributed by atoms with van der Waals surface area (Å²) in [6, 6.07) is 8.13. The second kappa shape index (κ2) is 4.38. The summed E-state index contributed by atoms with van der Waals surface area (Å²) in [6.45, 7) is 3.37. The minimum atomic E-state index is -0.724. The number of carboxylic acids is 1.